The van der Waals surface area contributed by atoms with Gasteiger partial charge in [0.1, 0.15) is 11.5 Å². The molecule has 150 valence electrons. The zero-order valence-electron chi connectivity index (χ0n) is 14.1. The molecular formula is C15H12BrF3N4O4S. The van der Waals surface area contributed by atoms with E-state index in [2.05, 4.69) is 26.0 Å². The molecule has 0 saturated heterocycles. The lowest BCUT2D eigenvalue weighted by atomic mass is 10.4. The van der Waals surface area contributed by atoms with E-state index < -0.39 is 34.7 Å². The number of aromatic nitrogens is 3. The second kappa shape index (κ2) is 7.83. The van der Waals surface area contributed by atoms with Gasteiger partial charge in [-0.2, -0.15) is 10.1 Å². The number of alkyl halides is 2. The summed E-state index contributed by atoms with van der Waals surface area (Å²) in [7, 11) is -3.11. The Balaban J connectivity index is 1.95. The van der Waals surface area contributed by atoms with E-state index in [0.29, 0.717) is 10.5 Å². The summed E-state index contributed by atoms with van der Waals surface area (Å²) in [6.45, 7) is -0.999. The number of pyridine rings is 2. The number of ether oxygens (including phenoxy) is 2. The topological polar surface area (TPSA) is 94.8 Å². The molecule has 8 nitrogen and oxygen atoms in total. The first kappa shape index (κ1) is 20.2. The lowest BCUT2D eigenvalue weighted by molar-refractivity contribution is 0.0799. The van der Waals surface area contributed by atoms with Crippen molar-refractivity contribution in [2.24, 2.45) is 0 Å². The Morgan fingerprint density at radius 2 is 2.11 bits per heavy atom. The summed E-state index contributed by atoms with van der Waals surface area (Å²) >= 11 is 3.24. The molecule has 13 heteroatoms. The maximum absolute atomic E-state index is 14.3. The summed E-state index contributed by atoms with van der Waals surface area (Å²) in [6, 6.07) is 3.84. The molecule has 0 atom stereocenters. The second-order valence-corrected chi connectivity index (χ2v) is 7.89. The van der Waals surface area contributed by atoms with Crippen molar-refractivity contribution >= 4 is 37.3 Å². The second-order valence-electron chi connectivity index (χ2n) is 5.32. The van der Waals surface area contributed by atoms with Gasteiger partial charge in [-0.05, 0) is 28.1 Å². The average Bonchev–Trinajstić information content (AvgIpc) is 3.05. The molecule has 3 rings (SSSR count). The van der Waals surface area contributed by atoms with Crippen molar-refractivity contribution in [3.63, 3.8) is 0 Å². The molecule has 0 aliphatic rings. The van der Waals surface area contributed by atoms with Crippen LogP contribution in [0.4, 0.5) is 19.0 Å². The number of sulfonamides is 1. The number of methoxy groups -OCH3 is 1. The Kier molecular flexibility index (Phi) is 5.65. The minimum atomic E-state index is -4.26. The summed E-state index contributed by atoms with van der Waals surface area (Å²) in [5.74, 6) is -2.56. The molecule has 0 saturated carbocycles. The number of nitrogens with zero attached hydrogens (tertiary/aromatic N) is 3. The van der Waals surface area contributed by atoms with Gasteiger partial charge in [-0.1, -0.05) is 0 Å². The van der Waals surface area contributed by atoms with Gasteiger partial charge >= 0.3 is 0 Å². The van der Waals surface area contributed by atoms with E-state index in [1.54, 1.807) is 12.3 Å². The van der Waals surface area contributed by atoms with Crippen molar-refractivity contribution in [1.82, 2.24) is 14.6 Å². The first-order valence-electron chi connectivity index (χ1n) is 7.52. The van der Waals surface area contributed by atoms with Crippen LogP contribution in [-0.2, 0) is 10.0 Å². The highest BCUT2D eigenvalue weighted by atomic mass is 79.9. The standard InChI is InChI=1S/C15H12BrF3N4O4S/c1-26-15-11(27-7-13(18)19)4-9(17)14(21-15)22-28(24,25)12-5-20-23-6-8(16)2-3-10(12)23/h2-6,13H,7H2,1H3,(H,21,22). The highest BCUT2D eigenvalue weighted by molar-refractivity contribution is 9.10. The minimum Gasteiger partial charge on any atom is -0.482 e. The van der Waals surface area contributed by atoms with Crippen molar-refractivity contribution in [1.29, 1.82) is 0 Å². The molecule has 0 fully saturated rings. The maximum atomic E-state index is 14.3. The van der Waals surface area contributed by atoms with Gasteiger partial charge in [-0.3, -0.25) is 4.72 Å². The van der Waals surface area contributed by atoms with E-state index in [4.69, 9.17) is 9.47 Å². The number of hydrogen-bond donors (Lipinski definition) is 1. The fourth-order valence-electron chi connectivity index (χ4n) is 2.25. The van der Waals surface area contributed by atoms with Gasteiger partial charge in [0.05, 0.1) is 18.8 Å². The first-order valence-corrected chi connectivity index (χ1v) is 9.80. The van der Waals surface area contributed by atoms with Crippen LogP contribution in [0.5, 0.6) is 11.6 Å². The van der Waals surface area contributed by atoms with Crippen molar-refractivity contribution in [2.75, 3.05) is 18.4 Å². The van der Waals surface area contributed by atoms with Gasteiger partial charge in [0.25, 0.3) is 22.3 Å². The van der Waals surface area contributed by atoms with Gasteiger partial charge in [0.2, 0.25) is 0 Å². The van der Waals surface area contributed by atoms with E-state index in [1.165, 1.54) is 10.6 Å². The van der Waals surface area contributed by atoms with Crippen molar-refractivity contribution in [2.45, 2.75) is 11.3 Å². The molecule has 0 aliphatic heterocycles. The van der Waals surface area contributed by atoms with Crippen LogP contribution in [0.15, 0.2) is 40.0 Å². The summed E-state index contributed by atoms with van der Waals surface area (Å²) < 4.78 is 77.8. The SMILES string of the molecule is COc1nc(NS(=O)(=O)c2cnn3cc(Br)ccc23)c(F)cc1OCC(F)F. The molecule has 3 aromatic rings. The smallest absolute Gasteiger partial charge is 0.272 e. The third-order valence-corrected chi connectivity index (χ3v) is 5.26. The Labute approximate surface area is 165 Å². The fourth-order valence-corrected chi connectivity index (χ4v) is 3.71. The zero-order valence-corrected chi connectivity index (χ0v) is 16.5. The number of nitrogens with one attached hydrogen (secondary N) is 1. The zero-order chi connectivity index (χ0) is 20.5. The maximum Gasteiger partial charge on any atom is 0.272 e. The van der Waals surface area contributed by atoms with Crippen LogP contribution in [0.1, 0.15) is 0 Å². The van der Waals surface area contributed by atoms with E-state index in [9.17, 15) is 21.6 Å². The van der Waals surface area contributed by atoms with Crippen LogP contribution in [0.25, 0.3) is 5.52 Å². The molecule has 28 heavy (non-hydrogen) atoms. The Morgan fingerprint density at radius 3 is 2.79 bits per heavy atom. The summed E-state index contributed by atoms with van der Waals surface area (Å²) in [5.41, 5.74) is 0.250. The average molecular weight is 481 g/mol. The number of fused-ring (bicyclic) bond motifs is 1. The predicted molar refractivity (Wildman–Crippen MR) is 95.9 cm³/mol. The summed E-state index contributed by atoms with van der Waals surface area (Å²) in [4.78, 5) is 3.46. The Bertz CT molecular complexity index is 1120. The molecule has 0 aliphatic carbocycles. The molecule has 0 unspecified atom stereocenters. The molecule has 1 N–H and O–H groups in total. The minimum absolute atomic E-state index is 0.210. The molecule has 0 aromatic carbocycles. The van der Waals surface area contributed by atoms with Crippen LogP contribution in [0.2, 0.25) is 0 Å². The first-order chi connectivity index (χ1) is 13.2. The largest absolute Gasteiger partial charge is 0.482 e. The molecule has 3 heterocycles. The third kappa shape index (κ3) is 4.14. The number of anilines is 1. The summed E-state index contributed by atoms with van der Waals surface area (Å²) in [6.07, 6.45) is -0.147. The normalized spacial score (nSPS) is 11.8. The van der Waals surface area contributed by atoms with Gasteiger partial charge in [-0.15, -0.1) is 0 Å². The van der Waals surface area contributed by atoms with Crippen LogP contribution in [-0.4, -0.2) is 43.2 Å². The predicted octanol–water partition coefficient (Wildman–Crippen LogP) is 3.08. The highest BCUT2D eigenvalue weighted by Crippen LogP contribution is 2.31. The molecular weight excluding hydrogens is 469 g/mol. The number of halogens is 4. The van der Waals surface area contributed by atoms with Crippen LogP contribution in [0.3, 0.4) is 0 Å². The molecule has 3 aromatic heterocycles. The number of hydrogen-bond acceptors (Lipinski definition) is 6. The van der Waals surface area contributed by atoms with Gasteiger partial charge in [-0.25, -0.2) is 26.1 Å². The van der Waals surface area contributed by atoms with E-state index in [0.717, 1.165) is 13.3 Å². The van der Waals surface area contributed by atoms with E-state index >= 15 is 0 Å². The van der Waals surface area contributed by atoms with Gasteiger partial charge in [0, 0.05) is 16.7 Å². The van der Waals surface area contributed by atoms with Crippen molar-refractivity contribution < 1.29 is 31.1 Å². The number of rotatable bonds is 7. The molecule has 0 bridgehead atoms. The Hall–Kier alpha value is -2.54. The van der Waals surface area contributed by atoms with Crippen molar-refractivity contribution in [3.8, 4) is 11.6 Å². The highest BCUT2D eigenvalue weighted by Gasteiger charge is 2.24. The quantitative estimate of drug-likeness (QED) is 0.558. The van der Waals surface area contributed by atoms with E-state index in [-0.39, 0.29) is 22.0 Å². The van der Waals surface area contributed by atoms with Gasteiger partial charge < -0.3 is 9.47 Å². The lowest BCUT2D eigenvalue weighted by Gasteiger charge is -2.13. The third-order valence-electron chi connectivity index (χ3n) is 3.43. The molecule has 0 spiro atoms. The lowest BCUT2D eigenvalue weighted by Crippen LogP contribution is -2.16. The van der Waals surface area contributed by atoms with Crippen LogP contribution < -0.4 is 14.2 Å². The van der Waals surface area contributed by atoms with Gasteiger partial charge in [0.15, 0.2) is 17.4 Å². The monoisotopic (exact) mass is 480 g/mol. The molecule has 0 amide bonds. The Morgan fingerprint density at radius 1 is 1.36 bits per heavy atom. The van der Waals surface area contributed by atoms with Crippen LogP contribution in [0, 0.1) is 5.82 Å². The van der Waals surface area contributed by atoms with E-state index in [1.807, 2.05) is 4.72 Å². The van der Waals surface area contributed by atoms with Crippen molar-refractivity contribution in [3.05, 3.63) is 40.9 Å². The molecule has 0 radical (unpaired) electrons. The fraction of sp³-hybridized carbons (Fsp3) is 0.200. The summed E-state index contributed by atoms with van der Waals surface area (Å²) in [5, 5.41) is 3.94. The van der Waals surface area contributed by atoms with Crippen LogP contribution >= 0.6 is 15.9 Å².